The second-order valence-electron chi connectivity index (χ2n) is 9.28. The molecule has 4 aromatic rings. The fraction of sp³-hybridized carbons (Fsp3) is 0.345. The number of anilines is 1. The topological polar surface area (TPSA) is 72.0 Å². The van der Waals surface area contributed by atoms with Crippen LogP contribution in [-0.2, 0) is 6.42 Å². The first-order chi connectivity index (χ1) is 17.7. The zero-order chi connectivity index (χ0) is 24.7. The van der Waals surface area contributed by atoms with Crippen LogP contribution in [0, 0.1) is 6.92 Å². The maximum absolute atomic E-state index is 12.6. The number of benzene rings is 2. The zero-order valence-electron chi connectivity index (χ0n) is 20.6. The first-order valence-electron chi connectivity index (χ1n) is 12.7. The standard InChI is InChI=1S/C29H32FN5O/c1-20-12-13-23-21(7-2-3-15-30)8-4-10-24(23)27(20)36-28-25(11-6-17-32-28)26-14-18-33-29(35-26)34-22-9-5-16-31-19-22/h4,6,8,10-14,17-18,22,31H,2-3,5,7,9,15-16,19H2,1H3,(H,33,34,35)/t22-/m0/s1. The summed E-state index contributed by atoms with van der Waals surface area (Å²) in [5, 5.41) is 9.02. The average Bonchev–Trinajstić information content (AvgIpc) is 2.91. The van der Waals surface area contributed by atoms with E-state index in [1.807, 2.05) is 31.2 Å². The number of rotatable bonds is 9. The van der Waals surface area contributed by atoms with E-state index >= 15 is 0 Å². The number of fused-ring (bicyclic) bond motifs is 1. The van der Waals surface area contributed by atoms with Crippen LogP contribution >= 0.6 is 0 Å². The Hall–Kier alpha value is -3.58. The highest BCUT2D eigenvalue weighted by Crippen LogP contribution is 2.37. The summed E-state index contributed by atoms with van der Waals surface area (Å²) >= 11 is 0. The van der Waals surface area contributed by atoms with Crippen molar-refractivity contribution in [3.8, 4) is 22.9 Å². The van der Waals surface area contributed by atoms with E-state index < -0.39 is 0 Å². The fourth-order valence-corrected chi connectivity index (χ4v) is 4.77. The van der Waals surface area contributed by atoms with E-state index in [1.165, 1.54) is 5.56 Å². The minimum atomic E-state index is -0.279. The Bertz CT molecular complexity index is 1320. The maximum Gasteiger partial charge on any atom is 0.228 e. The Morgan fingerprint density at radius 1 is 1.03 bits per heavy atom. The number of ether oxygens (including phenoxy) is 1. The molecule has 3 heterocycles. The molecule has 0 radical (unpaired) electrons. The van der Waals surface area contributed by atoms with Crippen molar-refractivity contribution in [1.29, 1.82) is 0 Å². The molecule has 2 aromatic carbocycles. The molecule has 1 aliphatic rings. The lowest BCUT2D eigenvalue weighted by Gasteiger charge is -2.23. The number of aromatic nitrogens is 3. The number of nitrogens with zero attached hydrogens (tertiary/aromatic N) is 3. The largest absolute Gasteiger partial charge is 0.437 e. The minimum absolute atomic E-state index is 0.279. The monoisotopic (exact) mass is 485 g/mol. The number of unbranched alkanes of at least 4 members (excludes halogenated alkanes) is 1. The van der Waals surface area contributed by atoms with Crippen LogP contribution in [0.3, 0.4) is 0 Å². The number of halogens is 1. The molecule has 0 saturated carbocycles. The summed E-state index contributed by atoms with van der Waals surface area (Å²) in [6.45, 7) is 3.73. The van der Waals surface area contributed by atoms with Crippen LogP contribution in [0.15, 0.2) is 60.9 Å². The summed E-state index contributed by atoms with van der Waals surface area (Å²) in [5.74, 6) is 1.88. The van der Waals surface area contributed by atoms with Crippen LogP contribution in [0.5, 0.6) is 11.6 Å². The highest BCUT2D eigenvalue weighted by atomic mass is 19.1. The van der Waals surface area contributed by atoms with Crippen molar-refractivity contribution in [2.24, 2.45) is 0 Å². The third-order valence-electron chi connectivity index (χ3n) is 6.66. The molecule has 5 rings (SSSR count). The SMILES string of the molecule is Cc1ccc2c(CCCCF)cccc2c1Oc1ncccc1-c1ccnc(N[C@H]2CCCNC2)n1. The van der Waals surface area contributed by atoms with Crippen molar-refractivity contribution < 1.29 is 9.13 Å². The molecule has 2 N–H and O–H groups in total. The summed E-state index contributed by atoms with van der Waals surface area (Å²) in [6.07, 6.45) is 7.98. The molecule has 1 aliphatic heterocycles. The number of nitrogens with one attached hydrogen (secondary N) is 2. The van der Waals surface area contributed by atoms with Crippen molar-refractivity contribution in [1.82, 2.24) is 20.3 Å². The molecule has 0 bridgehead atoms. The molecular weight excluding hydrogens is 453 g/mol. The van der Waals surface area contributed by atoms with Gasteiger partial charge in [0.2, 0.25) is 11.8 Å². The molecular formula is C29H32FN5O. The molecule has 36 heavy (non-hydrogen) atoms. The van der Waals surface area contributed by atoms with E-state index in [1.54, 1.807) is 12.4 Å². The number of alkyl halides is 1. The van der Waals surface area contributed by atoms with Gasteiger partial charge in [-0.1, -0.05) is 30.3 Å². The normalized spacial score (nSPS) is 15.7. The van der Waals surface area contributed by atoms with Gasteiger partial charge in [-0.15, -0.1) is 0 Å². The molecule has 1 saturated heterocycles. The molecule has 0 amide bonds. The lowest BCUT2D eigenvalue weighted by atomic mass is 9.98. The fourth-order valence-electron chi connectivity index (χ4n) is 4.77. The lowest BCUT2D eigenvalue weighted by Crippen LogP contribution is -2.38. The predicted octanol–water partition coefficient (Wildman–Crippen LogP) is 6.25. The Morgan fingerprint density at radius 2 is 1.97 bits per heavy atom. The summed E-state index contributed by atoms with van der Waals surface area (Å²) in [6, 6.07) is 16.5. The summed E-state index contributed by atoms with van der Waals surface area (Å²) < 4.78 is 19.2. The van der Waals surface area contributed by atoms with E-state index in [2.05, 4.69) is 44.9 Å². The molecule has 186 valence electrons. The highest BCUT2D eigenvalue weighted by molar-refractivity contribution is 5.92. The third kappa shape index (κ3) is 5.46. The van der Waals surface area contributed by atoms with E-state index in [4.69, 9.17) is 9.72 Å². The van der Waals surface area contributed by atoms with Gasteiger partial charge < -0.3 is 15.4 Å². The Morgan fingerprint density at radius 3 is 2.83 bits per heavy atom. The molecule has 0 spiro atoms. The van der Waals surface area contributed by atoms with Crippen LogP contribution in [0.1, 0.15) is 36.8 Å². The van der Waals surface area contributed by atoms with Gasteiger partial charge in [-0.25, -0.2) is 15.0 Å². The quantitative estimate of drug-likeness (QED) is 0.273. The van der Waals surface area contributed by atoms with Crippen molar-refractivity contribution in [2.45, 2.75) is 45.1 Å². The van der Waals surface area contributed by atoms with Crippen LogP contribution in [0.2, 0.25) is 0 Å². The van der Waals surface area contributed by atoms with Crippen LogP contribution in [0.25, 0.3) is 22.0 Å². The van der Waals surface area contributed by atoms with E-state index in [0.29, 0.717) is 24.3 Å². The lowest BCUT2D eigenvalue weighted by molar-refractivity contribution is 0.462. The smallest absolute Gasteiger partial charge is 0.228 e. The van der Waals surface area contributed by atoms with Crippen LogP contribution < -0.4 is 15.4 Å². The molecule has 0 aliphatic carbocycles. The Labute approximate surface area is 211 Å². The summed E-state index contributed by atoms with van der Waals surface area (Å²) in [5.41, 5.74) is 3.79. The molecule has 0 unspecified atom stereocenters. The van der Waals surface area contributed by atoms with Crippen molar-refractivity contribution >= 4 is 16.7 Å². The van der Waals surface area contributed by atoms with Gasteiger partial charge in [0.1, 0.15) is 5.75 Å². The Balaban J connectivity index is 1.46. The van der Waals surface area contributed by atoms with Gasteiger partial charge in [0.25, 0.3) is 0 Å². The third-order valence-corrected chi connectivity index (χ3v) is 6.66. The highest BCUT2D eigenvalue weighted by Gasteiger charge is 2.17. The number of hydrogen-bond donors (Lipinski definition) is 2. The van der Waals surface area contributed by atoms with Gasteiger partial charge in [0.05, 0.1) is 17.9 Å². The molecule has 7 heteroatoms. The number of piperidine rings is 1. The molecule has 1 fully saturated rings. The van der Waals surface area contributed by atoms with Crippen molar-refractivity contribution in [3.05, 3.63) is 72.1 Å². The number of pyridine rings is 1. The van der Waals surface area contributed by atoms with Crippen LogP contribution in [-0.4, -0.2) is 40.8 Å². The van der Waals surface area contributed by atoms with E-state index in [-0.39, 0.29) is 6.67 Å². The van der Waals surface area contributed by atoms with Crippen molar-refractivity contribution in [2.75, 3.05) is 25.1 Å². The van der Waals surface area contributed by atoms with E-state index in [0.717, 1.165) is 72.1 Å². The zero-order valence-corrected chi connectivity index (χ0v) is 20.6. The summed E-state index contributed by atoms with van der Waals surface area (Å²) in [7, 11) is 0. The first-order valence-corrected chi connectivity index (χ1v) is 12.7. The van der Waals surface area contributed by atoms with Crippen LogP contribution in [0.4, 0.5) is 10.3 Å². The first kappa shape index (κ1) is 24.1. The Kier molecular flexibility index (Phi) is 7.67. The minimum Gasteiger partial charge on any atom is -0.437 e. The van der Waals surface area contributed by atoms with Gasteiger partial charge >= 0.3 is 0 Å². The molecule has 1 atom stereocenters. The second-order valence-corrected chi connectivity index (χ2v) is 9.28. The van der Waals surface area contributed by atoms with Gasteiger partial charge in [-0.05, 0) is 80.3 Å². The number of aryl methyl sites for hydroxylation is 2. The number of hydrogen-bond acceptors (Lipinski definition) is 6. The predicted molar refractivity (Wildman–Crippen MR) is 142 cm³/mol. The second kappa shape index (κ2) is 11.4. The van der Waals surface area contributed by atoms with Gasteiger partial charge in [-0.2, -0.15) is 0 Å². The average molecular weight is 486 g/mol. The van der Waals surface area contributed by atoms with Gasteiger partial charge in [0, 0.05) is 30.4 Å². The maximum atomic E-state index is 12.6. The molecule has 2 aromatic heterocycles. The van der Waals surface area contributed by atoms with Gasteiger partial charge in [-0.3, -0.25) is 4.39 Å². The van der Waals surface area contributed by atoms with E-state index in [9.17, 15) is 4.39 Å². The molecule has 6 nitrogen and oxygen atoms in total. The summed E-state index contributed by atoms with van der Waals surface area (Å²) in [4.78, 5) is 13.8. The van der Waals surface area contributed by atoms with Gasteiger partial charge in [0.15, 0.2) is 0 Å². The van der Waals surface area contributed by atoms with Crippen molar-refractivity contribution in [3.63, 3.8) is 0 Å².